The quantitative estimate of drug-likeness (QED) is 0.850. The molecule has 19 heavy (non-hydrogen) atoms. The number of likely N-dealkylation sites (N-methyl/N-ethyl adjacent to an activating group) is 1. The Bertz CT molecular complexity index is 585. The van der Waals surface area contributed by atoms with Gasteiger partial charge in [-0.2, -0.15) is 5.26 Å². The van der Waals surface area contributed by atoms with Crippen LogP contribution < -0.4 is 10.6 Å². The molecule has 0 saturated carbocycles. The summed E-state index contributed by atoms with van der Waals surface area (Å²) < 4.78 is 0. The first-order valence-corrected chi connectivity index (χ1v) is 6.25. The van der Waals surface area contributed by atoms with Crippen LogP contribution >= 0.6 is 0 Å². The number of anilines is 2. The largest absolute Gasteiger partial charge is 0.397 e. The van der Waals surface area contributed by atoms with Gasteiger partial charge in [0, 0.05) is 13.6 Å². The van der Waals surface area contributed by atoms with Crippen molar-refractivity contribution >= 4 is 11.4 Å². The molecule has 0 saturated heterocycles. The highest BCUT2D eigenvalue weighted by molar-refractivity contribution is 5.69. The zero-order valence-corrected chi connectivity index (χ0v) is 11.0. The Hall–Kier alpha value is -2.47. The van der Waals surface area contributed by atoms with E-state index in [1.807, 2.05) is 31.3 Å². The highest BCUT2D eigenvalue weighted by Gasteiger charge is 2.06. The highest BCUT2D eigenvalue weighted by Crippen LogP contribution is 2.23. The molecular formula is C16H17N3. The predicted molar refractivity (Wildman–Crippen MR) is 79.0 cm³/mol. The number of nitriles is 1. The molecular weight excluding hydrogens is 234 g/mol. The lowest BCUT2D eigenvalue weighted by molar-refractivity contribution is 0.878. The minimum atomic E-state index is 0.635. The van der Waals surface area contributed by atoms with E-state index < -0.39 is 0 Å². The van der Waals surface area contributed by atoms with Gasteiger partial charge >= 0.3 is 0 Å². The van der Waals surface area contributed by atoms with Crippen molar-refractivity contribution in [2.45, 2.75) is 6.42 Å². The molecule has 0 radical (unpaired) electrons. The smallest absolute Gasteiger partial charge is 0.0992 e. The predicted octanol–water partition coefficient (Wildman–Crippen LogP) is 2.82. The molecule has 2 aromatic carbocycles. The standard InChI is InChI=1S/C16H17N3/c1-19(10-9-13-5-3-2-4-6-13)16-11-14(12-17)7-8-15(16)18/h2-8,11H,9-10,18H2,1H3. The van der Waals surface area contributed by atoms with E-state index in [0.29, 0.717) is 11.3 Å². The van der Waals surface area contributed by atoms with Gasteiger partial charge in [-0.25, -0.2) is 0 Å². The summed E-state index contributed by atoms with van der Waals surface area (Å²) in [5.74, 6) is 0. The van der Waals surface area contributed by atoms with Crippen molar-refractivity contribution in [2.75, 3.05) is 24.2 Å². The molecule has 0 aliphatic rings. The Balaban J connectivity index is 2.08. The third kappa shape index (κ3) is 3.26. The maximum atomic E-state index is 8.93. The number of benzene rings is 2. The summed E-state index contributed by atoms with van der Waals surface area (Å²) in [5, 5.41) is 8.93. The number of nitrogens with two attached hydrogens (primary N) is 1. The number of rotatable bonds is 4. The number of nitrogens with zero attached hydrogens (tertiary/aromatic N) is 2. The van der Waals surface area contributed by atoms with Crippen LogP contribution in [0.5, 0.6) is 0 Å². The first-order chi connectivity index (χ1) is 9.20. The van der Waals surface area contributed by atoms with Crippen LogP contribution in [0.4, 0.5) is 11.4 Å². The third-order valence-corrected chi connectivity index (χ3v) is 3.15. The molecule has 0 unspecified atom stereocenters. The topological polar surface area (TPSA) is 53.0 Å². The van der Waals surface area contributed by atoms with Crippen molar-refractivity contribution in [1.82, 2.24) is 0 Å². The molecule has 3 heteroatoms. The van der Waals surface area contributed by atoms with Gasteiger partial charge in [-0.1, -0.05) is 30.3 Å². The summed E-state index contributed by atoms with van der Waals surface area (Å²) in [6.45, 7) is 0.864. The Morgan fingerprint density at radius 3 is 2.58 bits per heavy atom. The summed E-state index contributed by atoms with van der Waals surface area (Å²) in [7, 11) is 2.00. The zero-order valence-electron chi connectivity index (χ0n) is 11.0. The van der Waals surface area contributed by atoms with E-state index in [-0.39, 0.29) is 0 Å². The van der Waals surface area contributed by atoms with Crippen LogP contribution in [0.25, 0.3) is 0 Å². The SMILES string of the molecule is CN(CCc1ccccc1)c1cc(C#N)ccc1N. The van der Waals surface area contributed by atoms with Crippen molar-refractivity contribution in [3.63, 3.8) is 0 Å². The lowest BCUT2D eigenvalue weighted by atomic mass is 10.1. The van der Waals surface area contributed by atoms with Gasteiger partial charge in [-0.15, -0.1) is 0 Å². The Morgan fingerprint density at radius 2 is 1.89 bits per heavy atom. The Morgan fingerprint density at radius 1 is 1.16 bits per heavy atom. The number of nitrogen functional groups attached to an aromatic ring is 1. The van der Waals surface area contributed by atoms with Crippen LogP contribution in [-0.4, -0.2) is 13.6 Å². The molecule has 0 fully saturated rings. The normalized spacial score (nSPS) is 9.89. The minimum Gasteiger partial charge on any atom is -0.397 e. The number of hydrogen-bond acceptors (Lipinski definition) is 3. The Labute approximate surface area is 113 Å². The van der Waals surface area contributed by atoms with Gasteiger partial charge in [0.2, 0.25) is 0 Å². The second-order valence-corrected chi connectivity index (χ2v) is 4.54. The molecule has 96 valence electrons. The van der Waals surface area contributed by atoms with E-state index in [4.69, 9.17) is 11.0 Å². The molecule has 0 amide bonds. The fraction of sp³-hybridized carbons (Fsp3) is 0.188. The molecule has 2 N–H and O–H groups in total. The average molecular weight is 251 g/mol. The van der Waals surface area contributed by atoms with Crippen molar-refractivity contribution in [1.29, 1.82) is 5.26 Å². The van der Waals surface area contributed by atoms with Crippen LogP contribution in [0.1, 0.15) is 11.1 Å². The van der Waals surface area contributed by atoms with Gasteiger partial charge in [-0.3, -0.25) is 0 Å². The van der Waals surface area contributed by atoms with E-state index in [9.17, 15) is 0 Å². The first kappa shape index (κ1) is 13.0. The van der Waals surface area contributed by atoms with Gasteiger partial charge in [0.15, 0.2) is 0 Å². The first-order valence-electron chi connectivity index (χ1n) is 6.25. The lowest BCUT2D eigenvalue weighted by Gasteiger charge is -2.21. The van der Waals surface area contributed by atoms with E-state index >= 15 is 0 Å². The van der Waals surface area contributed by atoms with Crippen LogP contribution in [0.15, 0.2) is 48.5 Å². The maximum absolute atomic E-state index is 8.93. The van der Waals surface area contributed by atoms with Crippen LogP contribution in [0, 0.1) is 11.3 Å². The second-order valence-electron chi connectivity index (χ2n) is 4.54. The fourth-order valence-corrected chi connectivity index (χ4v) is 2.01. The van der Waals surface area contributed by atoms with Crippen LogP contribution in [-0.2, 0) is 6.42 Å². The highest BCUT2D eigenvalue weighted by atomic mass is 15.1. The van der Waals surface area contributed by atoms with Crippen molar-refractivity contribution in [3.05, 3.63) is 59.7 Å². The van der Waals surface area contributed by atoms with Gasteiger partial charge in [0.05, 0.1) is 23.0 Å². The summed E-state index contributed by atoms with van der Waals surface area (Å²) in [6, 6.07) is 17.8. The molecule has 0 atom stereocenters. The Kier molecular flexibility index (Phi) is 4.04. The summed E-state index contributed by atoms with van der Waals surface area (Å²) >= 11 is 0. The molecule has 0 bridgehead atoms. The van der Waals surface area contributed by atoms with Crippen LogP contribution in [0.2, 0.25) is 0 Å². The van der Waals surface area contributed by atoms with Crippen LogP contribution in [0.3, 0.4) is 0 Å². The number of hydrogen-bond donors (Lipinski definition) is 1. The van der Waals surface area contributed by atoms with Crippen molar-refractivity contribution in [2.24, 2.45) is 0 Å². The molecule has 0 aliphatic heterocycles. The monoisotopic (exact) mass is 251 g/mol. The average Bonchev–Trinajstić information content (AvgIpc) is 2.46. The van der Waals surface area contributed by atoms with Gasteiger partial charge in [-0.05, 0) is 30.2 Å². The van der Waals surface area contributed by atoms with E-state index in [2.05, 4.69) is 23.1 Å². The molecule has 2 rings (SSSR count). The molecule has 2 aromatic rings. The van der Waals surface area contributed by atoms with Crippen molar-refractivity contribution in [3.8, 4) is 6.07 Å². The van der Waals surface area contributed by atoms with E-state index in [0.717, 1.165) is 18.7 Å². The summed E-state index contributed by atoms with van der Waals surface area (Å²) in [4.78, 5) is 2.09. The molecule has 0 heterocycles. The molecule has 3 nitrogen and oxygen atoms in total. The maximum Gasteiger partial charge on any atom is 0.0992 e. The fourth-order valence-electron chi connectivity index (χ4n) is 2.01. The second kappa shape index (κ2) is 5.92. The molecule has 0 spiro atoms. The minimum absolute atomic E-state index is 0.635. The lowest BCUT2D eigenvalue weighted by Crippen LogP contribution is -2.21. The van der Waals surface area contributed by atoms with Gasteiger partial charge in [0.1, 0.15) is 0 Å². The van der Waals surface area contributed by atoms with E-state index in [1.165, 1.54) is 5.56 Å². The van der Waals surface area contributed by atoms with Crippen molar-refractivity contribution < 1.29 is 0 Å². The summed E-state index contributed by atoms with van der Waals surface area (Å²) in [6.07, 6.45) is 0.952. The van der Waals surface area contributed by atoms with E-state index in [1.54, 1.807) is 12.1 Å². The molecule has 0 aromatic heterocycles. The van der Waals surface area contributed by atoms with Gasteiger partial charge < -0.3 is 10.6 Å². The van der Waals surface area contributed by atoms with Gasteiger partial charge in [0.25, 0.3) is 0 Å². The summed E-state index contributed by atoms with van der Waals surface area (Å²) in [5.41, 5.74) is 9.51. The zero-order chi connectivity index (χ0) is 13.7. The third-order valence-electron chi connectivity index (χ3n) is 3.15. The molecule has 0 aliphatic carbocycles.